The Balaban J connectivity index is 2.30. The fraction of sp³-hybridized carbons (Fsp3) is 0.500. The van der Waals surface area contributed by atoms with E-state index in [9.17, 15) is 8.42 Å². The summed E-state index contributed by atoms with van der Waals surface area (Å²) in [7, 11) is -1.20. The van der Waals surface area contributed by atoms with Crippen molar-refractivity contribution in [1.82, 2.24) is 10.2 Å². The zero-order valence-electron chi connectivity index (χ0n) is 10.00. The van der Waals surface area contributed by atoms with E-state index in [1.54, 1.807) is 18.0 Å². The summed E-state index contributed by atoms with van der Waals surface area (Å²) in [5.41, 5.74) is 5.94. The minimum Gasteiger partial charge on any atom is -0.384 e. The second-order valence-corrected chi connectivity index (χ2v) is 6.58. The van der Waals surface area contributed by atoms with E-state index in [2.05, 4.69) is 10.2 Å². The fourth-order valence-corrected chi connectivity index (χ4v) is 3.82. The Morgan fingerprint density at radius 3 is 2.89 bits per heavy atom. The molecule has 7 nitrogen and oxygen atoms in total. The SMILES string of the molecule is CN(c1nnccc1C(=N)N)C1CCS(=O)(=O)C1. The number of aromatic nitrogens is 2. The van der Waals surface area contributed by atoms with Crippen molar-refractivity contribution in [3.63, 3.8) is 0 Å². The molecule has 18 heavy (non-hydrogen) atoms. The average molecular weight is 269 g/mol. The van der Waals surface area contributed by atoms with E-state index in [1.165, 1.54) is 6.20 Å². The number of sulfone groups is 1. The molecule has 2 heterocycles. The van der Waals surface area contributed by atoms with E-state index in [1.807, 2.05) is 0 Å². The molecule has 98 valence electrons. The van der Waals surface area contributed by atoms with Gasteiger partial charge in [-0.15, -0.1) is 5.10 Å². The van der Waals surface area contributed by atoms with Gasteiger partial charge < -0.3 is 10.6 Å². The maximum atomic E-state index is 11.5. The minimum atomic E-state index is -2.96. The summed E-state index contributed by atoms with van der Waals surface area (Å²) in [6, 6.07) is 1.47. The van der Waals surface area contributed by atoms with Gasteiger partial charge in [-0.2, -0.15) is 5.10 Å². The first kappa shape index (κ1) is 12.7. The average Bonchev–Trinajstić information content (AvgIpc) is 2.68. The summed E-state index contributed by atoms with van der Waals surface area (Å²) in [5.74, 6) is 0.648. The van der Waals surface area contributed by atoms with Crippen molar-refractivity contribution in [2.24, 2.45) is 5.73 Å². The molecule has 1 aromatic heterocycles. The van der Waals surface area contributed by atoms with Crippen molar-refractivity contribution < 1.29 is 8.42 Å². The highest BCUT2D eigenvalue weighted by atomic mass is 32.2. The van der Waals surface area contributed by atoms with Crippen LogP contribution < -0.4 is 10.6 Å². The number of anilines is 1. The molecule has 1 atom stereocenters. The molecule has 0 amide bonds. The first-order valence-electron chi connectivity index (χ1n) is 5.50. The molecule has 0 radical (unpaired) electrons. The molecule has 0 saturated carbocycles. The topological polar surface area (TPSA) is 113 Å². The number of hydrogen-bond acceptors (Lipinski definition) is 6. The van der Waals surface area contributed by atoms with Crippen molar-refractivity contribution in [3.05, 3.63) is 17.8 Å². The number of nitrogens with zero attached hydrogens (tertiary/aromatic N) is 3. The lowest BCUT2D eigenvalue weighted by molar-refractivity contribution is 0.600. The van der Waals surface area contributed by atoms with Gasteiger partial charge in [-0.25, -0.2) is 8.42 Å². The third-order valence-corrected chi connectivity index (χ3v) is 4.83. The van der Waals surface area contributed by atoms with Crippen LogP contribution in [0, 0.1) is 5.41 Å². The number of rotatable bonds is 3. The number of nitrogen functional groups attached to an aromatic ring is 1. The van der Waals surface area contributed by atoms with Gasteiger partial charge in [-0.1, -0.05) is 0 Å². The minimum absolute atomic E-state index is 0.104. The van der Waals surface area contributed by atoms with E-state index in [-0.39, 0.29) is 23.4 Å². The molecular formula is C10H15N5O2S. The Labute approximate surface area is 105 Å². The van der Waals surface area contributed by atoms with Crippen LogP contribution >= 0.6 is 0 Å². The highest BCUT2D eigenvalue weighted by Gasteiger charge is 2.32. The van der Waals surface area contributed by atoms with Crippen LogP contribution in [0.5, 0.6) is 0 Å². The molecule has 0 aromatic carbocycles. The van der Waals surface area contributed by atoms with Crippen LogP contribution in [-0.4, -0.2) is 49.0 Å². The van der Waals surface area contributed by atoms with Crippen molar-refractivity contribution in [2.75, 3.05) is 23.5 Å². The third-order valence-electron chi connectivity index (χ3n) is 3.08. The smallest absolute Gasteiger partial charge is 0.162 e. The maximum absolute atomic E-state index is 11.5. The number of amidine groups is 1. The number of hydrogen-bond donors (Lipinski definition) is 2. The van der Waals surface area contributed by atoms with Gasteiger partial charge in [-0.3, -0.25) is 5.41 Å². The lowest BCUT2D eigenvalue weighted by Crippen LogP contribution is -2.35. The lowest BCUT2D eigenvalue weighted by Gasteiger charge is -2.25. The molecule has 0 bridgehead atoms. The largest absolute Gasteiger partial charge is 0.384 e. The summed E-state index contributed by atoms with van der Waals surface area (Å²) in [4.78, 5) is 1.74. The summed E-state index contributed by atoms with van der Waals surface area (Å²) in [5, 5.41) is 15.2. The van der Waals surface area contributed by atoms with E-state index in [0.29, 0.717) is 17.8 Å². The summed E-state index contributed by atoms with van der Waals surface area (Å²) >= 11 is 0. The second-order valence-electron chi connectivity index (χ2n) is 4.35. The zero-order valence-corrected chi connectivity index (χ0v) is 10.8. The molecule has 1 fully saturated rings. The molecule has 3 N–H and O–H groups in total. The third kappa shape index (κ3) is 2.42. The van der Waals surface area contributed by atoms with Crippen molar-refractivity contribution >= 4 is 21.5 Å². The van der Waals surface area contributed by atoms with Crippen LogP contribution in [0.1, 0.15) is 12.0 Å². The van der Waals surface area contributed by atoms with Crippen LogP contribution in [0.3, 0.4) is 0 Å². The van der Waals surface area contributed by atoms with Crippen molar-refractivity contribution in [1.29, 1.82) is 5.41 Å². The molecule has 1 aliphatic rings. The highest BCUT2D eigenvalue weighted by molar-refractivity contribution is 7.91. The zero-order chi connectivity index (χ0) is 13.3. The number of nitrogens with one attached hydrogen (secondary N) is 1. The molecule has 0 spiro atoms. The van der Waals surface area contributed by atoms with Crippen LogP contribution in [0.2, 0.25) is 0 Å². The monoisotopic (exact) mass is 269 g/mol. The molecule has 1 aliphatic heterocycles. The molecule has 1 aromatic rings. The maximum Gasteiger partial charge on any atom is 0.162 e. The summed E-state index contributed by atoms with van der Waals surface area (Å²) in [6.45, 7) is 0. The molecule has 8 heteroatoms. The van der Waals surface area contributed by atoms with Gasteiger partial charge in [0.25, 0.3) is 0 Å². The quantitative estimate of drug-likeness (QED) is 0.558. The Kier molecular flexibility index (Phi) is 3.20. The Hall–Kier alpha value is -1.70. The van der Waals surface area contributed by atoms with Crippen LogP contribution in [0.4, 0.5) is 5.82 Å². The molecular weight excluding hydrogens is 254 g/mol. The van der Waals surface area contributed by atoms with Gasteiger partial charge in [-0.05, 0) is 12.5 Å². The van der Waals surface area contributed by atoms with Gasteiger partial charge in [0.1, 0.15) is 5.84 Å². The van der Waals surface area contributed by atoms with Gasteiger partial charge in [0.05, 0.1) is 23.3 Å². The molecule has 2 rings (SSSR count). The predicted molar refractivity (Wildman–Crippen MR) is 68.5 cm³/mol. The van der Waals surface area contributed by atoms with Crippen LogP contribution in [0.25, 0.3) is 0 Å². The van der Waals surface area contributed by atoms with Gasteiger partial charge in [0.15, 0.2) is 15.7 Å². The van der Waals surface area contributed by atoms with E-state index in [4.69, 9.17) is 11.1 Å². The first-order chi connectivity index (χ1) is 8.41. The fourth-order valence-electron chi connectivity index (χ4n) is 2.05. The number of nitrogens with two attached hydrogens (primary N) is 1. The second kappa shape index (κ2) is 4.52. The van der Waals surface area contributed by atoms with E-state index < -0.39 is 9.84 Å². The van der Waals surface area contributed by atoms with E-state index >= 15 is 0 Å². The normalized spacial score (nSPS) is 21.7. The van der Waals surface area contributed by atoms with E-state index in [0.717, 1.165) is 0 Å². The van der Waals surface area contributed by atoms with Crippen LogP contribution in [0.15, 0.2) is 12.3 Å². The Bertz CT molecular complexity index is 571. The van der Waals surface area contributed by atoms with Crippen molar-refractivity contribution in [3.8, 4) is 0 Å². The van der Waals surface area contributed by atoms with Crippen LogP contribution in [-0.2, 0) is 9.84 Å². The lowest BCUT2D eigenvalue weighted by atomic mass is 10.2. The summed E-state index contributed by atoms with van der Waals surface area (Å²) in [6.07, 6.45) is 2.02. The molecule has 1 unspecified atom stereocenters. The van der Waals surface area contributed by atoms with Gasteiger partial charge >= 0.3 is 0 Å². The molecule has 1 saturated heterocycles. The summed E-state index contributed by atoms with van der Waals surface area (Å²) < 4.78 is 22.9. The Morgan fingerprint density at radius 1 is 1.61 bits per heavy atom. The highest BCUT2D eigenvalue weighted by Crippen LogP contribution is 2.23. The molecule has 0 aliphatic carbocycles. The standard InChI is InChI=1S/C10H15N5O2S/c1-15(7-3-5-18(16,17)6-7)10-8(9(11)12)2-4-13-14-10/h2,4,7H,3,5-6H2,1H3,(H3,11,12). The predicted octanol–water partition coefficient (Wildman–Crippen LogP) is -0.616. The first-order valence-corrected chi connectivity index (χ1v) is 7.32. The van der Waals surface area contributed by atoms with Crippen molar-refractivity contribution in [2.45, 2.75) is 12.5 Å². The van der Waals surface area contributed by atoms with Gasteiger partial charge in [0, 0.05) is 13.1 Å². The van der Waals surface area contributed by atoms with Gasteiger partial charge in [0.2, 0.25) is 0 Å². The Morgan fingerprint density at radius 2 is 2.33 bits per heavy atom.